The summed E-state index contributed by atoms with van der Waals surface area (Å²) in [5.74, 6) is 1.74. The molecule has 47 heavy (non-hydrogen) atoms. The van der Waals surface area contributed by atoms with Gasteiger partial charge in [0.1, 0.15) is 5.69 Å². The van der Waals surface area contributed by atoms with E-state index in [9.17, 15) is 0 Å². The molecular formula is C42H27N5. The van der Waals surface area contributed by atoms with Crippen molar-refractivity contribution in [2.45, 2.75) is 0 Å². The van der Waals surface area contributed by atoms with Gasteiger partial charge >= 0.3 is 0 Å². The zero-order valence-corrected chi connectivity index (χ0v) is 25.3. The Morgan fingerprint density at radius 1 is 0.404 bits per heavy atom. The van der Waals surface area contributed by atoms with Crippen LogP contribution in [0.4, 0.5) is 0 Å². The van der Waals surface area contributed by atoms with Crippen LogP contribution in [-0.4, -0.2) is 24.5 Å². The molecule has 5 heteroatoms. The molecule has 220 valence electrons. The molecule has 0 aliphatic carbocycles. The maximum Gasteiger partial charge on any atom is 0.182 e. The summed E-state index contributed by atoms with van der Waals surface area (Å²) in [7, 11) is 0. The number of fused-ring (bicyclic) bond motifs is 5. The number of para-hydroxylation sites is 1. The molecule has 6 aromatic carbocycles. The lowest BCUT2D eigenvalue weighted by molar-refractivity contribution is 1.05. The number of aromatic nitrogens is 5. The van der Waals surface area contributed by atoms with Gasteiger partial charge in [-0.2, -0.15) is 0 Å². The first kappa shape index (κ1) is 26.9. The van der Waals surface area contributed by atoms with E-state index in [0.29, 0.717) is 23.2 Å². The van der Waals surface area contributed by atoms with Crippen LogP contribution in [0.2, 0.25) is 0 Å². The summed E-state index contributed by atoms with van der Waals surface area (Å²) in [5, 5.41) is 4.93. The molecule has 3 aromatic heterocycles. The number of hydrogen-bond acceptors (Lipinski definition) is 4. The molecule has 0 saturated heterocycles. The zero-order valence-electron chi connectivity index (χ0n) is 25.3. The van der Waals surface area contributed by atoms with Gasteiger partial charge in [0.15, 0.2) is 17.5 Å². The molecule has 3 heterocycles. The average molecular weight is 602 g/mol. The normalized spacial score (nSPS) is 11.4. The van der Waals surface area contributed by atoms with Crippen LogP contribution in [0, 0.1) is 0 Å². The summed E-state index contributed by atoms with van der Waals surface area (Å²) < 4.78 is 2.29. The summed E-state index contributed by atoms with van der Waals surface area (Å²) in [5.41, 5.74) is 8.03. The first-order chi connectivity index (χ1) is 23.3. The highest BCUT2D eigenvalue weighted by molar-refractivity contribution is 6.21. The van der Waals surface area contributed by atoms with Crippen molar-refractivity contribution in [1.82, 2.24) is 24.5 Å². The van der Waals surface area contributed by atoms with Crippen LogP contribution >= 0.6 is 0 Å². The van der Waals surface area contributed by atoms with E-state index in [4.69, 9.17) is 19.9 Å². The lowest BCUT2D eigenvalue weighted by Gasteiger charge is -2.11. The van der Waals surface area contributed by atoms with Crippen LogP contribution in [0.5, 0.6) is 0 Å². The largest absolute Gasteiger partial charge is 0.308 e. The second-order valence-corrected chi connectivity index (χ2v) is 11.6. The minimum atomic E-state index is 0.527. The van der Waals surface area contributed by atoms with E-state index < -0.39 is 0 Å². The molecule has 0 atom stereocenters. The highest BCUT2D eigenvalue weighted by Crippen LogP contribution is 2.37. The first-order valence-electron chi connectivity index (χ1n) is 15.7. The van der Waals surface area contributed by atoms with Crippen LogP contribution in [0.25, 0.3) is 83.7 Å². The van der Waals surface area contributed by atoms with Gasteiger partial charge in [-0.1, -0.05) is 127 Å². The number of pyridine rings is 1. The molecule has 0 aliphatic heterocycles. The Kier molecular flexibility index (Phi) is 6.39. The summed E-state index contributed by atoms with van der Waals surface area (Å²) in [6.45, 7) is 0. The lowest BCUT2D eigenvalue weighted by atomic mass is 10.0. The Morgan fingerprint density at radius 2 is 1.04 bits per heavy atom. The van der Waals surface area contributed by atoms with Crippen LogP contribution in [0.3, 0.4) is 0 Å². The lowest BCUT2D eigenvalue weighted by Crippen LogP contribution is -2.02. The van der Waals surface area contributed by atoms with Gasteiger partial charge in [0, 0.05) is 21.9 Å². The Bertz CT molecular complexity index is 2550. The van der Waals surface area contributed by atoms with Gasteiger partial charge in [0.25, 0.3) is 0 Å². The zero-order chi connectivity index (χ0) is 31.2. The van der Waals surface area contributed by atoms with Gasteiger partial charge in [0.2, 0.25) is 0 Å². The molecule has 0 bridgehead atoms. The van der Waals surface area contributed by atoms with Gasteiger partial charge in [-0.05, 0) is 52.2 Å². The second-order valence-electron chi connectivity index (χ2n) is 11.6. The third-order valence-electron chi connectivity index (χ3n) is 8.69. The van der Waals surface area contributed by atoms with Crippen LogP contribution in [0.15, 0.2) is 164 Å². The smallest absolute Gasteiger partial charge is 0.182 e. The Labute approximate surface area is 271 Å². The van der Waals surface area contributed by atoms with E-state index in [-0.39, 0.29) is 0 Å². The molecule has 9 rings (SSSR count). The van der Waals surface area contributed by atoms with E-state index in [2.05, 4.69) is 95.6 Å². The quantitative estimate of drug-likeness (QED) is 0.197. The van der Waals surface area contributed by atoms with Gasteiger partial charge in [-0.3, -0.25) is 4.98 Å². The molecule has 0 spiro atoms. The first-order valence-corrected chi connectivity index (χ1v) is 15.7. The van der Waals surface area contributed by atoms with Crippen molar-refractivity contribution in [3.05, 3.63) is 164 Å². The SMILES string of the molecule is c1ccc(-c2cccc(-c3nc(-c4ccccc4)nc(-c4ccc(-n5c6ccccc6c6c7ccccc7ccc65)cn4)n3)c2)cc1. The van der Waals surface area contributed by atoms with E-state index in [1.54, 1.807) is 0 Å². The minimum Gasteiger partial charge on any atom is -0.308 e. The molecule has 9 aromatic rings. The summed E-state index contributed by atoms with van der Waals surface area (Å²) in [4.78, 5) is 19.8. The van der Waals surface area contributed by atoms with Gasteiger partial charge in [-0.25, -0.2) is 15.0 Å². The molecule has 0 N–H and O–H groups in total. The molecule has 0 radical (unpaired) electrons. The fourth-order valence-electron chi connectivity index (χ4n) is 6.47. The van der Waals surface area contributed by atoms with Crippen LogP contribution < -0.4 is 0 Å². The topological polar surface area (TPSA) is 56.5 Å². The molecule has 0 saturated carbocycles. The van der Waals surface area contributed by atoms with Gasteiger partial charge in [0.05, 0.1) is 22.9 Å². The number of hydrogen-bond donors (Lipinski definition) is 0. The molecule has 0 amide bonds. The van der Waals surface area contributed by atoms with Crippen molar-refractivity contribution in [2.75, 3.05) is 0 Å². The predicted molar refractivity (Wildman–Crippen MR) is 191 cm³/mol. The highest BCUT2D eigenvalue weighted by atomic mass is 15.1. The van der Waals surface area contributed by atoms with E-state index >= 15 is 0 Å². The number of benzene rings is 6. The molecule has 0 aliphatic rings. The maximum absolute atomic E-state index is 4.97. The molecule has 0 unspecified atom stereocenters. The Balaban J connectivity index is 1.18. The van der Waals surface area contributed by atoms with E-state index in [0.717, 1.165) is 39.0 Å². The molecule has 5 nitrogen and oxygen atoms in total. The summed E-state index contributed by atoms with van der Waals surface area (Å²) in [6, 6.07) is 54.3. The van der Waals surface area contributed by atoms with Gasteiger partial charge < -0.3 is 4.57 Å². The fourth-order valence-corrected chi connectivity index (χ4v) is 6.47. The summed E-state index contributed by atoms with van der Waals surface area (Å²) >= 11 is 0. The number of nitrogens with zero attached hydrogens (tertiary/aromatic N) is 5. The molecular weight excluding hydrogens is 574 g/mol. The van der Waals surface area contributed by atoms with Crippen molar-refractivity contribution in [2.24, 2.45) is 0 Å². The van der Waals surface area contributed by atoms with Crippen molar-refractivity contribution >= 4 is 32.6 Å². The predicted octanol–water partition coefficient (Wildman–Crippen LogP) is 10.2. The standard InChI is InChI=1S/C42H27N5/c1-3-12-28(13-4-1)31-17-11-18-32(26-31)41-44-40(30-15-5-2-6-16-30)45-42(46-41)36-24-23-33(27-43-36)47-37-21-10-9-20-35(37)39-34-19-8-7-14-29(34)22-25-38(39)47/h1-27H. The average Bonchev–Trinajstić information content (AvgIpc) is 3.50. The maximum atomic E-state index is 4.97. The van der Waals surface area contributed by atoms with Crippen molar-refractivity contribution in [1.29, 1.82) is 0 Å². The van der Waals surface area contributed by atoms with E-state index in [1.807, 2.05) is 72.9 Å². The van der Waals surface area contributed by atoms with Crippen molar-refractivity contribution in [3.63, 3.8) is 0 Å². The molecule has 0 fully saturated rings. The van der Waals surface area contributed by atoms with E-state index in [1.165, 1.54) is 21.5 Å². The van der Waals surface area contributed by atoms with Crippen molar-refractivity contribution in [3.8, 4) is 51.1 Å². The summed E-state index contributed by atoms with van der Waals surface area (Å²) in [6.07, 6.45) is 1.91. The third kappa shape index (κ3) is 4.73. The minimum absolute atomic E-state index is 0.527. The van der Waals surface area contributed by atoms with Crippen molar-refractivity contribution < 1.29 is 0 Å². The highest BCUT2D eigenvalue weighted by Gasteiger charge is 2.17. The van der Waals surface area contributed by atoms with Crippen LogP contribution in [-0.2, 0) is 0 Å². The van der Waals surface area contributed by atoms with Gasteiger partial charge in [-0.15, -0.1) is 0 Å². The Morgan fingerprint density at radius 3 is 1.83 bits per heavy atom. The Hall–Kier alpha value is -6.46. The third-order valence-corrected chi connectivity index (χ3v) is 8.69. The monoisotopic (exact) mass is 601 g/mol. The second kappa shape index (κ2) is 11.2. The number of rotatable bonds is 5. The van der Waals surface area contributed by atoms with Crippen LogP contribution in [0.1, 0.15) is 0 Å². The fraction of sp³-hybridized carbons (Fsp3) is 0.